The zero-order valence-corrected chi connectivity index (χ0v) is 12.3. The fourth-order valence-electron chi connectivity index (χ4n) is 3.24. The van der Waals surface area contributed by atoms with E-state index in [1.54, 1.807) is 0 Å². The van der Waals surface area contributed by atoms with E-state index in [9.17, 15) is 5.11 Å². The number of nitrogens with zero attached hydrogens (tertiary/aromatic N) is 1. The van der Waals surface area contributed by atoms with Gasteiger partial charge in [-0.1, -0.05) is 6.07 Å². The molecule has 110 valence electrons. The summed E-state index contributed by atoms with van der Waals surface area (Å²) in [6, 6.07) is 6.37. The minimum atomic E-state index is -0.648. The van der Waals surface area contributed by atoms with Gasteiger partial charge < -0.3 is 14.6 Å². The molecule has 0 amide bonds. The van der Waals surface area contributed by atoms with Crippen molar-refractivity contribution in [2.75, 3.05) is 19.8 Å². The first-order valence-corrected chi connectivity index (χ1v) is 7.39. The molecule has 2 aliphatic heterocycles. The molecule has 1 aromatic rings. The lowest BCUT2D eigenvalue weighted by Gasteiger charge is -2.34. The van der Waals surface area contributed by atoms with Gasteiger partial charge >= 0.3 is 0 Å². The van der Waals surface area contributed by atoms with E-state index >= 15 is 0 Å². The highest BCUT2D eigenvalue weighted by Gasteiger charge is 2.35. The molecule has 1 fully saturated rings. The number of hydrogen-bond acceptors (Lipinski definition) is 4. The summed E-state index contributed by atoms with van der Waals surface area (Å²) in [4.78, 5) is 2.37. The highest BCUT2D eigenvalue weighted by Crippen LogP contribution is 2.33. The third-order valence-electron chi connectivity index (χ3n) is 4.17. The second kappa shape index (κ2) is 5.26. The number of ether oxygens (including phenoxy) is 2. The van der Waals surface area contributed by atoms with Crippen molar-refractivity contribution >= 4 is 0 Å². The molecule has 0 bridgehead atoms. The van der Waals surface area contributed by atoms with Crippen LogP contribution in [0, 0.1) is 0 Å². The predicted molar refractivity (Wildman–Crippen MR) is 77.2 cm³/mol. The fraction of sp³-hybridized carbons (Fsp3) is 0.625. The normalized spacial score (nSPS) is 23.1. The van der Waals surface area contributed by atoms with Crippen LogP contribution in [0.4, 0.5) is 0 Å². The summed E-state index contributed by atoms with van der Waals surface area (Å²) < 4.78 is 11.2. The minimum Gasteiger partial charge on any atom is -0.486 e. The summed E-state index contributed by atoms with van der Waals surface area (Å²) in [7, 11) is 0. The van der Waals surface area contributed by atoms with Crippen LogP contribution in [0.2, 0.25) is 0 Å². The lowest BCUT2D eigenvalue weighted by molar-refractivity contribution is -0.00504. The highest BCUT2D eigenvalue weighted by atomic mass is 16.6. The van der Waals surface area contributed by atoms with Gasteiger partial charge in [0.2, 0.25) is 0 Å². The van der Waals surface area contributed by atoms with E-state index in [0.29, 0.717) is 13.2 Å². The maximum atomic E-state index is 10.3. The second-order valence-electron chi connectivity index (χ2n) is 6.26. The van der Waals surface area contributed by atoms with Crippen molar-refractivity contribution in [3.05, 3.63) is 23.8 Å². The number of hydrogen-bond donors (Lipinski definition) is 1. The zero-order valence-electron chi connectivity index (χ0n) is 12.3. The van der Waals surface area contributed by atoms with Crippen LogP contribution in [0.3, 0.4) is 0 Å². The first-order valence-electron chi connectivity index (χ1n) is 7.39. The molecule has 2 heterocycles. The van der Waals surface area contributed by atoms with Crippen LogP contribution < -0.4 is 9.47 Å². The molecule has 20 heavy (non-hydrogen) atoms. The topological polar surface area (TPSA) is 41.9 Å². The van der Waals surface area contributed by atoms with Crippen molar-refractivity contribution in [2.24, 2.45) is 0 Å². The lowest BCUT2D eigenvalue weighted by Crippen LogP contribution is -2.45. The molecule has 1 unspecified atom stereocenters. The molecule has 0 aliphatic carbocycles. The quantitative estimate of drug-likeness (QED) is 0.919. The molecule has 1 N–H and O–H groups in total. The van der Waals surface area contributed by atoms with E-state index in [0.717, 1.165) is 37.4 Å². The van der Waals surface area contributed by atoms with Crippen LogP contribution in [0.15, 0.2) is 18.2 Å². The molecule has 0 saturated carbocycles. The standard InChI is InChI=1S/C16H23NO3/c1-16(2,18)15-4-3-7-17(15)11-12-5-6-13-14(10-12)20-9-8-19-13/h5-6,10,15,18H,3-4,7-9,11H2,1-2H3. The van der Waals surface area contributed by atoms with E-state index in [-0.39, 0.29) is 6.04 Å². The molecule has 0 radical (unpaired) electrons. The zero-order chi connectivity index (χ0) is 14.2. The van der Waals surface area contributed by atoms with Gasteiger partial charge in [-0.2, -0.15) is 0 Å². The molecule has 1 saturated heterocycles. The molecular weight excluding hydrogens is 254 g/mol. The Morgan fingerprint density at radius 1 is 1.25 bits per heavy atom. The van der Waals surface area contributed by atoms with Gasteiger partial charge in [-0.25, -0.2) is 0 Å². The maximum absolute atomic E-state index is 10.3. The Morgan fingerprint density at radius 2 is 2.00 bits per heavy atom. The lowest BCUT2D eigenvalue weighted by atomic mass is 9.96. The molecule has 0 aromatic heterocycles. The number of aliphatic hydroxyl groups is 1. The summed E-state index contributed by atoms with van der Waals surface area (Å²) in [5, 5.41) is 10.3. The van der Waals surface area contributed by atoms with Gasteiger partial charge in [0, 0.05) is 12.6 Å². The highest BCUT2D eigenvalue weighted by molar-refractivity contribution is 5.43. The first-order chi connectivity index (χ1) is 9.54. The van der Waals surface area contributed by atoms with Crippen molar-refractivity contribution in [2.45, 2.75) is 44.9 Å². The van der Waals surface area contributed by atoms with E-state index in [4.69, 9.17) is 9.47 Å². The van der Waals surface area contributed by atoms with Gasteiger partial charge in [0.15, 0.2) is 11.5 Å². The van der Waals surface area contributed by atoms with Crippen molar-refractivity contribution in [3.8, 4) is 11.5 Å². The third kappa shape index (κ3) is 2.76. The second-order valence-corrected chi connectivity index (χ2v) is 6.26. The van der Waals surface area contributed by atoms with E-state index in [1.807, 2.05) is 19.9 Å². The largest absolute Gasteiger partial charge is 0.486 e. The van der Waals surface area contributed by atoms with Gasteiger partial charge in [-0.3, -0.25) is 4.90 Å². The van der Waals surface area contributed by atoms with Gasteiger partial charge in [0.05, 0.1) is 5.60 Å². The first kappa shape index (κ1) is 13.7. The Bertz CT molecular complexity index is 481. The monoisotopic (exact) mass is 277 g/mol. The number of fused-ring (bicyclic) bond motifs is 1. The van der Waals surface area contributed by atoms with Gasteiger partial charge in [-0.05, 0) is 50.9 Å². The molecule has 4 nitrogen and oxygen atoms in total. The van der Waals surface area contributed by atoms with Gasteiger partial charge in [-0.15, -0.1) is 0 Å². The van der Waals surface area contributed by atoms with Crippen molar-refractivity contribution in [3.63, 3.8) is 0 Å². The molecule has 1 aromatic carbocycles. The number of benzene rings is 1. The molecule has 3 rings (SSSR count). The fourth-order valence-corrected chi connectivity index (χ4v) is 3.24. The Balaban J connectivity index is 1.74. The van der Waals surface area contributed by atoms with Crippen LogP contribution in [-0.4, -0.2) is 41.4 Å². The number of rotatable bonds is 3. The minimum absolute atomic E-state index is 0.232. The summed E-state index contributed by atoms with van der Waals surface area (Å²) in [6.45, 7) is 6.94. The van der Waals surface area contributed by atoms with Crippen LogP contribution in [0.1, 0.15) is 32.3 Å². The summed E-state index contributed by atoms with van der Waals surface area (Å²) >= 11 is 0. The van der Waals surface area contributed by atoms with Gasteiger partial charge in [0.25, 0.3) is 0 Å². The molecule has 4 heteroatoms. The average molecular weight is 277 g/mol. The Kier molecular flexibility index (Phi) is 3.61. The van der Waals surface area contributed by atoms with Crippen LogP contribution in [0.25, 0.3) is 0 Å². The average Bonchev–Trinajstić information content (AvgIpc) is 2.87. The summed E-state index contributed by atoms with van der Waals surface area (Å²) in [5.41, 5.74) is 0.565. The van der Waals surface area contributed by atoms with Gasteiger partial charge in [0.1, 0.15) is 13.2 Å². The van der Waals surface area contributed by atoms with Crippen molar-refractivity contribution in [1.82, 2.24) is 4.90 Å². The van der Waals surface area contributed by atoms with Crippen LogP contribution in [-0.2, 0) is 6.54 Å². The molecule has 1 atom stereocenters. The van der Waals surface area contributed by atoms with Crippen molar-refractivity contribution in [1.29, 1.82) is 0 Å². The summed E-state index contributed by atoms with van der Waals surface area (Å²) in [6.07, 6.45) is 2.22. The smallest absolute Gasteiger partial charge is 0.161 e. The molecule has 2 aliphatic rings. The maximum Gasteiger partial charge on any atom is 0.161 e. The third-order valence-corrected chi connectivity index (χ3v) is 4.17. The molecule has 0 spiro atoms. The van der Waals surface area contributed by atoms with E-state index in [2.05, 4.69) is 17.0 Å². The Hall–Kier alpha value is -1.26. The summed E-state index contributed by atoms with van der Waals surface area (Å²) in [5.74, 6) is 1.67. The molecular formula is C16H23NO3. The van der Waals surface area contributed by atoms with Crippen LogP contribution in [0.5, 0.6) is 11.5 Å². The van der Waals surface area contributed by atoms with Crippen molar-refractivity contribution < 1.29 is 14.6 Å². The predicted octanol–water partition coefficient (Wildman–Crippen LogP) is 2.19. The van der Waals surface area contributed by atoms with E-state index < -0.39 is 5.60 Å². The Labute approximate surface area is 120 Å². The Morgan fingerprint density at radius 3 is 2.75 bits per heavy atom. The SMILES string of the molecule is CC(C)(O)C1CCCN1Cc1ccc2c(c1)OCCO2. The van der Waals surface area contributed by atoms with Crippen LogP contribution >= 0.6 is 0 Å². The van der Waals surface area contributed by atoms with E-state index in [1.165, 1.54) is 5.56 Å². The number of likely N-dealkylation sites (tertiary alicyclic amines) is 1.